The minimum Gasteiger partial charge on any atom is -0.497 e. The van der Waals surface area contributed by atoms with Gasteiger partial charge in [-0.15, -0.1) is 0 Å². The summed E-state index contributed by atoms with van der Waals surface area (Å²) < 4.78 is 37.0. The zero-order chi connectivity index (χ0) is 22.7. The van der Waals surface area contributed by atoms with Crippen LogP contribution in [0.3, 0.4) is 0 Å². The highest BCUT2D eigenvalue weighted by atomic mass is 19.3. The lowest BCUT2D eigenvalue weighted by Crippen LogP contribution is -2.21. The number of hydrogen-bond acceptors (Lipinski definition) is 7. The molecule has 0 aliphatic carbocycles. The first-order valence-corrected chi connectivity index (χ1v) is 9.75. The topological polar surface area (TPSA) is 85.5 Å². The molecule has 2 heterocycles. The van der Waals surface area contributed by atoms with Gasteiger partial charge in [0.05, 0.1) is 42.8 Å². The fraction of sp³-hybridized carbons (Fsp3) is 0.227. The fourth-order valence-corrected chi connectivity index (χ4v) is 3.37. The van der Waals surface area contributed by atoms with E-state index in [0.29, 0.717) is 33.9 Å². The zero-order valence-corrected chi connectivity index (χ0v) is 17.4. The van der Waals surface area contributed by atoms with Crippen LogP contribution in [0.4, 0.5) is 20.2 Å². The van der Waals surface area contributed by atoms with Crippen molar-refractivity contribution in [2.75, 3.05) is 25.2 Å². The maximum Gasteiger partial charge on any atom is 0.387 e. The Balaban J connectivity index is 1.77. The number of aromatic nitrogens is 4. The highest BCUT2D eigenvalue weighted by Crippen LogP contribution is 2.34. The van der Waals surface area contributed by atoms with E-state index in [-0.39, 0.29) is 18.9 Å². The first-order chi connectivity index (χ1) is 15.5. The number of fused-ring (bicyclic) bond motifs is 1. The molecule has 2 aromatic carbocycles. The number of aryl methyl sites for hydroxylation is 1. The van der Waals surface area contributed by atoms with Crippen LogP contribution in [-0.4, -0.2) is 51.7 Å². The van der Waals surface area contributed by atoms with E-state index in [9.17, 15) is 13.9 Å². The number of methoxy groups -OCH3 is 1. The number of ether oxygens (including phenoxy) is 2. The van der Waals surface area contributed by atoms with E-state index in [1.807, 2.05) is 31.4 Å². The van der Waals surface area contributed by atoms with Crippen LogP contribution < -0.4 is 14.4 Å². The molecule has 0 bridgehead atoms. The first-order valence-electron chi connectivity index (χ1n) is 9.75. The summed E-state index contributed by atoms with van der Waals surface area (Å²) in [7, 11) is 3.26. The number of rotatable bonds is 8. The summed E-state index contributed by atoms with van der Waals surface area (Å²) >= 11 is 0. The molecule has 0 amide bonds. The molecule has 2 aromatic heterocycles. The molecule has 10 heteroatoms. The summed E-state index contributed by atoms with van der Waals surface area (Å²) in [5.74, 6) is 0.303. The Bertz CT molecular complexity index is 1230. The molecule has 0 radical (unpaired) electrons. The van der Waals surface area contributed by atoms with Gasteiger partial charge in [-0.25, -0.2) is 4.98 Å². The molecule has 0 unspecified atom stereocenters. The molecule has 1 N–H and O–H groups in total. The van der Waals surface area contributed by atoms with Crippen LogP contribution in [0.1, 0.15) is 0 Å². The van der Waals surface area contributed by atoms with Gasteiger partial charge in [-0.3, -0.25) is 9.67 Å². The summed E-state index contributed by atoms with van der Waals surface area (Å²) in [5, 5.41) is 13.8. The third-order valence-corrected chi connectivity index (χ3v) is 4.80. The summed E-state index contributed by atoms with van der Waals surface area (Å²) in [4.78, 5) is 10.9. The molecule has 166 valence electrons. The predicted molar refractivity (Wildman–Crippen MR) is 115 cm³/mol. The quantitative estimate of drug-likeness (QED) is 0.446. The van der Waals surface area contributed by atoms with Gasteiger partial charge in [-0.2, -0.15) is 13.9 Å². The molecule has 8 nitrogen and oxygen atoms in total. The van der Waals surface area contributed by atoms with Crippen LogP contribution in [0.25, 0.3) is 22.3 Å². The number of aliphatic hydroxyl groups excluding tert-OH is 1. The van der Waals surface area contributed by atoms with Crippen molar-refractivity contribution in [3.8, 4) is 22.8 Å². The van der Waals surface area contributed by atoms with Crippen LogP contribution in [-0.2, 0) is 7.05 Å². The van der Waals surface area contributed by atoms with Gasteiger partial charge in [0.15, 0.2) is 0 Å². The van der Waals surface area contributed by atoms with Gasteiger partial charge in [0.2, 0.25) is 0 Å². The molecule has 0 saturated carbocycles. The van der Waals surface area contributed by atoms with Crippen LogP contribution in [0, 0.1) is 0 Å². The number of alkyl halides is 2. The first kappa shape index (κ1) is 21.4. The van der Waals surface area contributed by atoms with E-state index in [1.54, 1.807) is 28.0 Å². The Hall–Kier alpha value is -3.79. The van der Waals surface area contributed by atoms with Crippen molar-refractivity contribution in [1.29, 1.82) is 0 Å². The van der Waals surface area contributed by atoms with Gasteiger partial charge < -0.3 is 19.5 Å². The van der Waals surface area contributed by atoms with Gasteiger partial charge in [-0.1, -0.05) is 0 Å². The Kier molecular flexibility index (Phi) is 6.13. The van der Waals surface area contributed by atoms with Crippen molar-refractivity contribution in [3.05, 3.63) is 55.0 Å². The molecule has 0 aliphatic rings. The lowest BCUT2D eigenvalue weighted by atomic mass is 10.2. The summed E-state index contributed by atoms with van der Waals surface area (Å²) in [5.41, 5.74) is 4.05. The van der Waals surface area contributed by atoms with Crippen molar-refractivity contribution >= 4 is 22.4 Å². The molecule has 0 atom stereocenters. The Morgan fingerprint density at radius 3 is 2.56 bits per heavy atom. The maximum atomic E-state index is 12.8. The van der Waals surface area contributed by atoms with E-state index in [1.165, 1.54) is 19.2 Å². The maximum absolute atomic E-state index is 12.8. The molecule has 4 aromatic rings. The number of hydrogen-bond donors (Lipinski definition) is 1. The molecule has 4 rings (SSSR count). The molecular formula is C22H21F2N5O3. The third kappa shape index (κ3) is 4.59. The zero-order valence-electron chi connectivity index (χ0n) is 17.4. The fourth-order valence-electron chi connectivity index (χ4n) is 3.37. The van der Waals surface area contributed by atoms with Gasteiger partial charge in [0, 0.05) is 54.9 Å². The lowest BCUT2D eigenvalue weighted by molar-refractivity contribution is -0.0498. The lowest BCUT2D eigenvalue weighted by Gasteiger charge is -2.25. The SMILES string of the molecule is COc1cc(OC(F)F)cc(N(CCO)c2ccc3ncc(-c4cnn(C)c4)nc3c2)c1. The number of anilines is 2. The van der Waals surface area contributed by atoms with Crippen molar-refractivity contribution in [2.45, 2.75) is 6.61 Å². The largest absolute Gasteiger partial charge is 0.497 e. The normalized spacial score (nSPS) is 11.2. The monoisotopic (exact) mass is 441 g/mol. The van der Waals surface area contributed by atoms with Gasteiger partial charge in [-0.05, 0) is 18.2 Å². The van der Waals surface area contributed by atoms with Crippen molar-refractivity contribution in [2.24, 2.45) is 7.05 Å². The van der Waals surface area contributed by atoms with Crippen LogP contribution in [0.15, 0.2) is 55.0 Å². The van der Waals surface area contributed by atoms with Crippen LogP contribution >= 0.6 is 0 Å². The van der Waals surface area contributed by atoms with Crippen molar-refractivity contribution < 1.29 is 23.4 Å². The molecule has 0 fully saturated rings. The van der Waals surface area contributed by atoms with Crippen LogP contribution in [0.5, 0.6) is 11.5 Å². The van der Waals surface area contributed by atoms with Crippen molar-refractivity contribution in [1.82, 2.24) is 19.7 Å². The summed E-state index contributed by atoms with van der Waals surface area (Å²) in [6.45, 7) is -2.92. The van der Waals surface area contributed by atoms with E-state index >= 15 is 0 Å². The molecule has 32 heavy (non-hydrogen) atoms. The number of aliphatic hydroxyl groups is 1. The van der Waals surface area contributed by atoms with Gasteiger partial charge >= 0.3 is 6.61 Å². The highest BCUT2D eigenvalue weighted by molar-refractivity contribution is 5.82. The van der Waals surface area contributed by atoms with Crippen molar-refractivity contribution in [3.63, 3.8) is 0 Å². The molecular weight excluding hydrogens is 420 g/mol. The Morgan fingerprint density at radius 2 is 1.88 bits per heavy atom. The second-order valence-corrected chi connectivity index (χ2v) is 6.95. The highest BCUT2D eigenvalue weighted by Gasteiger charge is 2.15. The van der Waals surface area contributed by atoms with Gasteiger partial charge in [0.1, 0.15) is 11.5 Å². The Labute approximate surface area is 182 Å². The van der Waals surface area contributed by atoms with E-state index in [2.05, 4.69) is 14.8 Å². The minimum atomic E-state index is -2.97. The summed E-state index contributed by atoms with van der Waals surface area (Å²) in [6, 6.07) is 9.97. The standard InChI is InChI=1S/C22H21F2N5O3/c1-28-13-14(11-26-28)21-12-25-19-4-3-15(9-20(19)27-21)29(5-6-30)16-7-17(31-2)10-18(8-16)32-22(23)24/h3-4,7-13,22,30H,5-6H2,1-2H3. The Morgan fingerprint density at radius 1 is 1.06 bits per heavy atom. The number of halogens is 2. The molecule has 0 saturated heterocycles. The smallest absolute Gasteiger partial charge is 0.387 e. The molecule has 0 aliphatic heterocycles. The minimum absolute atomic E-state index is 0.0447. The van der Waals surface area contributed by atoms with E-state index in [0.717, 1.165) is 5.56 Å². The molecule has 0 spiro atoms. The van der Waals surface area contributed by atoms with Crippen LogP contribution in [0.2, 0.25) is 0 Å². The second kappa shape index (κ2) is 9.15. The average molecular weight is 441 g/mol. The second-order valence-electron chi connectivity index (χ2n) is 6.95. The predicted octanol–water partition coefficient (Wildman–Crippen LogP) is 3.77. The summed E-state index contributed by atoms with van der Waals surface area (Å²) in [6.07, 6.45) is 5.23. The van der Waals surface area contributed by atoms with Gasteiger partial charge in [0.25, 0.3) is 0 Å². The third-order valence-electron chi connectivity index (χ3n) is 4.80. The van der Waals surface area contributed by atoms with E-state index < -0.39 is 6.61 Å². The van der Waals surface area contributed by atoms with E-state index in [4.69, 9.17) is 9.72 Å². The number of nitrogens with zero attached hydrogens (tertiary/aromatic N) is 5. The average Bonchev–Trinajstić information content (AvgIpc) is 3.22. The number of benzene rings is 2.